The first-order valence-corrected chi connectivity index (χ1v) is 6.67. The molecule has 4 heteroatoms. The average molecular weight is 329 g/mol. The van der Waals surface area contributed by atoms with Gasteiger partial charge >= 0.3 is 0 Å². The van der Waals surface area contributed by atoms with Crippen molar-refractivity contribution >= 4 is 33.2 Å². The molecule has 0 saturated carbocycles. The fraction of sp³-hybridized carbons (Fsp3) is 0.143. The summed E-state index contributed by atoms with van der Waals surface area (Å²) in [5.41, 5.74) is 2.68. The zero-order valence-electron chi connectivity index (χ0n) is 9.81. The minimum Gasteiger partial charge on any atom is -0.379 e. The number of rotatable bonds is 3. The molecule has 0 amide bonds. The van der Waals surface area contributed by atoms with Gasteiger partial charge in [0.1, 0.15) is 5.82 Å². The number of hydrogen-bond acceptors (Lipinski definition) is 1. The van der Waals surface area contributed by atoms with Crippen molar-refractivity contribution in [2.45, 2.75) is 13.5 Å². The fourth-order valence-electron chi connectivity index (χ4n) is 1.68. The molecular formula is C14H12BrClFN. The predicted octanol–water partition coefficient (Wildman–Crippen LogP) is 5.16. The van der Waals surface area contributed by atoms with Gasteiger partial charge in [0.25, 0.3) is 0 Å². The first-order valence-electron chi connectivity index (χ1n) is 5.50. The normalized spacial score (nSPS) is 10.4. The van der Waals surface area contributed by atoms with E-state index in [1.165, 1.54) is 6.07 Å². The summed E-state index contributed by atoms with van der Waals surface area (Å²) < 4.78 is 14.3. The van der Waals surface area contributed by atoms with Gasteiger partial charge in [0.05, 0.1) is 5.69 Å². The third kappa shape index (κ3) is 3.24. The van der Waals surface area contributed by atoms with Gasteiger partial charge in [-0.25, -0.2) is 4.39 Å². The van der Waals surface area contributed by atoms with Crippen LogP contribution < -0.4 is 5.32 Å². The Morgan fingerprint density at radius 2 is 2.00 bits per heavy atom. The van der Waals surface area contributed by atoms with E-state index in [9.17, 15) is 4.39 Å². The monoisotopic (exact) mass is 327 g/mol. The third-order valence-corrected chi connectivity index (χ3v) is 3.43. The molecule has 0 aliphatic rings. The van der Waals surface area contributed by atoms with Crippen LogP contribution in [-0.4, -0.2) is 0 Å². The van der Waals surface area contributed by atoms with E-state index in [2.05, 4.69) is 21.2 Å². The highest BCUT2D eigenvalue weighted by Gasteiger charge is 2.04. The van der Waals surface area contributed by atoms with Crippen LogP contribution in [0.5, 0.6) is 0 Å². The first kappa shape index (κ1) is 13.4. The van der Waals surface area contributed by atoms with Gasteiger partial charge in [0.2, 0.25) is 0 Å². The molecule has 0 aliphatic heterocycles. The Hall–Kier alpha value is -1.06. The van der Waals surface area contributed by atoms with Crippen LogP contribution in [-0.2, 0) is 6.54 Å². The molecule has 2 rings (SSSR count). The van der Waals surface area contributed by atoms with Gasteiger partial charge in [0, 0.05) is 16.0 Å². The van der Waals surface area contributed by atoms with E-state index in [1.807, 2.05) is 25.1 Å². The summed E-state index contributed by atoms with van der Waals surface area (Å²) in [5.74, 6) is -0.268. The Balaban J connectivity index is 2.11. The molecule has 0 radical (unpaired) electrons. The van der Waals surface area contributed by atoms with E-state index in [-0.39, 0.29) is 5.82 Å². The maximum atomic E-state index is 13.6. The Bertz CT molecular complexity index is 520. The number of aryl methyl sites for hydroxylation is 1. The standard InChI is InChI=1S/C14H12BrClFN/c1-9-6-12(16)4-2-10(9)8-18-14-5-3-11(15)7-13(14)17/h2-7,18H,8H2,1H3. The Labute approximate surface area is 119 Å². The zero-order valence-corrected chi connectivity index (χ0v) is 12.1. The largest absolute Gasteiger partial charge is 0.379 e. The number of hydrogen-bond donors (Lipinski definition) is 1. The SMILES string of the molecule is Cc1cc(Cl)ccc1CNc1ccc(Br)cc1F. The molecule has 0 spiro atoms. The van der Waals surface area contributed by atoms with E-state index in [1.54, 1.807) is 12.1 Å². The van der Waals surface area contributed by atoms with Gasteiger partial charge in [-0.2, -0.15) is 0 Å². The lowest BCUT2D eigenvalue weighted by Gasteiger charge is -2.10. The fourth-order valence-corrected chi connectivity index (χ4v) is 2.24. The van der Waals surface area contributed by atoms with Crippen molar-refractivity contribution in [2.75, 3.05) is 5.32 Å². The van der Waals surface area contributed by atoms with Gasteiger partial charge in [0.15, 0.2) is 0 Å². The van der Waals surface area contributed by atoms with E-state index in [0.29, 0.717) is 17.3 Å². The second kappa shape index (κ2) is 5.72. The van der Waals surface area contributed by atoms with Crippen LogP contribution in [0, 0.1) is 12.7 Å². The minimum absolute atomic E-state index is 0.268. The van der Waals surface area contributed by atoms with Crippen LogP contribution in [0.15, 0.2) is 40.9 Å². The van der Waals surface area contributed by atoms with Crippen molar-refractivity contribution in [3.63, 3.8) is 0 Å². The number of nitrogens with one attached hydrogen (secondary N) is 1. The highest BCUT2D eigenvalue weighted by Crippen LogP contribution is 2.21. The molecule has 94 valence electrons. The lowest BCUT2D eigenvalue weighted by Crippen LogP contribution is -2.02. The van der Waals surface area contributed by atoms with E-state index in [0.717, 1.165) is 15.6 Å². The second-order valence-electron chi connectivity index (χ2n) is 4.05. The zero-order chi connectivity index (χ0) is 13.1. The van der Waals surface area contributed by atoms with Gasteiger partial charge in [-0.05, 0) is 48.4 Å². The number of anilines is 1. The van der Waals surface area contributed by atoms with Gasteiger partial charge in [-0.15, -0.1) is 0 Å². The van der Waals surface area contributed by atoms with Gasteiger partial charge in [-0.3, -0.25) is 0 Å². The number of benzene rings is 2. The predicted molar refractivity (Wildman–Crippen MR) is 77.6 cm³/mol. The maximum absolute atomic E-state index is 13.6. The molecule has 0 aliphatic carbocycles. The molecule has 2 aromatic carbocycles. The van der Waals surface area contributed by atoms with Crippen LogP contribution in [0.3, 0.4) is 0 Å². The molecular weight excluding hydrogens is 317 g/mol. The Morgan fingerprint density at radius 1 is 1.22 bits per heavy atom. The smallest absolute Gasteiger partial charge is 0.147 e. The minimum atomic E-state index is -0.268. The van der Waals surface area contributed by atoms with Crippen molar-refractivity contribution in [3.8, 4) is 0 Å². The summed E-state index contributed by atoms with van der Waals surface area (Å²) in [6.07, 6.45) is 0. The van der Waals surface area contributed by atoms with Crippen molar-refractivity contribution in [2.24, 2.45) is 0 Å². The summed E-state index contributed by atoms with van der Waals surface area (Å²) >= 11 is 9.12. The summed E-state index contributed by atoms with van der Waals surface area (Å²) in [4.78, 5) is 0. The van der Waals surface area contributed by atoms with Crippen LogP contribution in [0.2, 0.25) is 5.02 Å². The topological polar surface area (TPSA) is 12.0 Å². The van der Waals surface area contributed by atoms with Crippen molar-refractivity contribution in [1.82, 2.24) is 0 Å². The first-order chi connectivity index (χ1) is 8.56. The second-order valence-corrected chi connectivity index (χ2v) is 5.40. The molecule has 1 nitrogen and oxygen atoms in total. The molecule has 0 saturated heterocycles. The van der Waals surface area contributed by atoms with E-state index in [4.69, 9.17) is 11.6 Å². The lowest BCUT2D eigenvalue weighted by atomic mass is 10.1. The van der Waals surface area contributed by atoms with Crippen LogP contribution in [0.4, 0.5) is 10.1 Å². The molecule has 0 bridgehead atoms. The van der Waals surface area contributed by atoms with Crippen molar-refractivity contribution in [3.05, 3.63) is 62.8 Å². The highest BCUT2D eigenvalue weighted by molar-refractivity contribution is 9.10. The lowest BCUT2D eigenvalue weighted by molar-refractivity contribution is 0.629. The van der Waals surface area contributed by atoms with Gasteiger partial charge in [-0.1, -0.05) is 33.6 Å². The molecule has 1 N–H and O–H groups in total. The summed E-state index contributed by atoms with van der Waals surface area (Å²) in [7, 11) is 0. The summed E-state index contributed by atoms with van der Waals surface area (Å²) in [6.45, 7) is 2.56. The van der Waals surface area contributed by atoms with Crippen molar-refractivity contribution in [1.29, 1.82) is 0 Å². The van der Waals surface area contributed by atoms with Crippen molar-refractivity contribution < 1.29 is 4.39 Å². The molecule has 18 heavy (non-hydrogen) atoms. The average Bonchev–Trinajstić information content (AvgIpc) is 2.30. The molecule has 0 fully saturated rings. The maximum Gasteiger partial charge on any atom is 0.147 e. The van der Waals surface area contributed by atoms with E-state index >= 15 is 0 Å². The quantitative estimate of drug-likeness (QED) is 0.820. The molecule has 0 atom stereocenters. The Kier molecular flexibility index (Phi) is 4.25. The van der Waals surface area contributed by atoms with Gasteiger partial charge < -0.3 is 5.32 Å². The van der Waals surface area contributed by atoms with Crippen LogP contribution >= 0.6 is 27.5 Å². The van der Waals surface area contributed by atoms with Crippen LogP contribution in [0.25, 0.3) is 0 Å². The molecule has 0 unspecified atom stereocenters. The Morgan fingerprint density at radius 3 is 2.67 bits per heavy atom. The summed E-state index contributed by atoms with van der Waals surface area (Å²) in [5, 5.41) is 3.79. The molecule has 2 aromatic rings. The summed E-state index contributed by atoms with van der Waals surface area (Å²) in [6, 6.07) is 10.6. The number of halogens is 3. The molecule has 0 aromatic heterocycles. The highest BCUT2D eigenvalue weighted by atomic mass is 79.9. The molecule has 0 heterocycles. The van der Waals surface area contributed by atoms with Crippen LogP contribution in [0.1, 0.15) is 11.1 Å². The third-order valence-electron chi connectivity index (χ3n) is 2.71. The van der Waals surface area contributed by atoms with E-state index < -0.39 is 0 Å².